The van der Waals surface area contributed by atoms with Crippen LogP contribution in [-0.4, -0.2) is 59.5 Å². The van der Waals surface area contributed by atoms with Crippen LogP contribution in [0.25, 0.3) is 0 Å². The number of nitrogens with zero attached hydrogens (tertiary/aromatic N) is 3. The number of aromatic nitrogens is 1. The minimum absolute atomic E-state index is 0. The van der Waals surface area contributed by atoms with Crippen molar-refractivity contribution in [3.05, 3.63) is 59.9 Å². The topological polar surface area (TPSA) is 62.7 Å². The molecule has 6 nitrogen and oxygen atoms in total. The highest BCUT2D eigenvalue weighted by Gasteiger charge is 2.45. The van der Waals surface area contributed by atoms with Crippen LogP contribution in [-0.2, 0) is 27.2 Å². The van der Waals surface area contributed by atoms with E-state index in [2.05, 4.69) is 9.88 Å². The van der Waals surface area contributed by atoms with E-state index in [-0.39, 0.29) is 29.7 Å². The van der Waals surface area contributed by atoms with Crippen LogP contribution >= 0.6 is 12.4 Å². The van der Waals surface area contributed by atoms with Gasteiger partial charge in [0.15, 0.2) is 0 Å². The molecule has 1 aromatic heterocycles. The molecule has 7 heteroatoms. The Labute approximate surface area is 196 Å². The molecule has 2 aliphatic rings. The van der Waals surface area contributed by atoms with E-state index in [9.17, 15) is 9.59 Å². The largest absolute Gasteiger partial charge is 0.360 e. The van der Waals surface area contributed by atoms with Crippen LogP contribution < -0.4 is 4.90 Å². The number of carbonyl (C=O) groups is 2. The number of pyridine rings is 1. The summed E-state index contributed by atoms with van der Waals surface area (Å²) in [6.45, 7) is 6.89. The molecule has 1 spiro atoms. The van der Waals surface area contributed by atoms with Gasteiger partial charge in [0, 0.05) is 49.6 Å². The summed E-state index contributed by atoms with van der Waals surface area (Å²) in [5.41, 5.74) is 2.54. The van der Waals surface area contributed by atoms with Gasteiger partial charge >= 0.3 is 0 Å². The lowest BCUT2D eigenvalue weighted by Crippen LogP contribution is -2.61. The molecular weight excluding hydrogens is 426 g/mol. The smallest absolute Gasteiger partial charge is 0.255 e. The summed E-state index contributed by atoms with van der Waals surface area (Å²) in [7, 11) is 0. The lowest BCUT2D eigenvalue weighted by Gasteiger charge is -2.49. The van der Waals surface area contributed by atoms with E-state index in [1.54, 1.807) is 6.92 Å². The molecule has 1 amide bonds. The molecule has 32 heavy (non-hydrogen) atoms. The Morgan fingerprint density at radius 3 is 2.47 bits per heavy atom. The first kappa shape index (κ1) is 24.4. The van der Waals surface area contributed by atoms with Crippen molar-refractivity contribution in [3.8, 4) is 0 Å². The number of ether oxygens (including phenoxy) is 1. The molecule has 0 saturated carbocycles. The van der Waals surface area contributed by atoms with Gasteiger partial charge < -0.3 is 14.5 Å². The predicted molar refractivity (Wildman–Crippen MR) is 127 cm³/mol. The summed E-state index contributed by atoms with van der Waals surface area (Å²) in [6, 6.07) is 15.8. The standard InChI is InChI=1S/C25H31N3O3.ClH/c1-19(29)17-22-8-6-7-21(26-22)11-14-27-15-12-25(13-16-27)18-28(24(30)20(2)31-25)23-9-4-3-5-10-23;/h3-10,20H,11-18H2,1-2H3;1H. The van der Waals surface area contributed by atoms with Gasteiger partial charge in [-0.1, -0.05) is 24.3 Å². The number of Topliss-reactive ketones (excluding diaryl/α,β-unsaturated/α-hetero) is 1. The van der Waals surface area contributed by atoms with Gasteiger partial charge in [0.2, 0.25) is 0 Å². The number of morpholine rings is 1. The first-order chi connectivity index (χ1) is 14.9. The molecule has 4 rings (SSSR count). The Kier molecular flexibility index (Phi) is 8.04. The molecule has 0 radical (unpaired) electrons. The van der Waals surface area contributed by atoms with E-state index in [0.29, 0.717) is 13.0 Å². The number of hydrogen-bond donors (Lipinski definition) is 0. The first-order valence-corrected chi connectivity index (χ1v) is 11.1. The SMILES string of the molecule is CC(=O)Cc1cccc(CCN2CCC3(CC2)CN(c2ccccc2)C(=O)C(C)O3)n1.Cl. The fourth-order valence-corrected chi connectivity index (χ4v) is 4.63. The summed E-state index contributed by atoms with van der Waals surface area (Å²) < 4.78 is 6.28. The number of likely N-dealkylation sites (tertiary alicyclic amines) is 1. The highest BCUT2D eigenvalue weighted by molar-refractivity contribution is 5.97. The van der Waals surface area contributed by atoms with E-state index in [4.69, 9.17) is 4.74 Å². The van der Waals surface area contributed by atoms with Crippen LogP contribution in [0.5, 0.6) is 0 Å². The van der Waals surface area contributed by atoms with Gasteiger partial charge in [-0.2, -0.15) is 0 Å². The maximum absolute atomic E-state index is 12.7. The van der Waals surface area contributed by atoms with Crippen molar-refractivity contribution >= 4 is 29.8 Å². The Morgan fingerprint density at radius 2 is 1.78 bits per heavy atom. The molecule has 1 unspecified atom stereocenters. The maximum atomic E-state index is 12.7. The highest BCUT2D eigenvalue weighted by atomic mass is 35.5. The molecular formula is C25H32ClN3O3. The second-order valence-corrected chi connectivity index (χ2v) is 8.79. The van der Waals surface area contributed by atoms with Crippen LogP contribution in [0.2, 0.25) is 0 Å². The van der Waals surface area contributed by atoms with Crippen molar-refractivity contribution < 1.29 is 14.3 Å². The number of carbonyl (C=O) groups excluding carboxylic acids is 2. The Balaban J connectivity index is 0.00000289. The van der Waals surface area contributed by atoms with Crippen molar-refractivity contribution in [2.45, 2.75) is 51.2 Å². The summed E-state index contributed by atoms with van der Waals surface area (Å²) in [4.78, 5) is 33.1. The number of hydrogen-bond acceptors (Lipinski definition) is 5. The van der Waals surface area contributed by atoms with Crippen LogP contribution in [0, 0.1) is 0 Å². The molecule has 1 atom stereocenters. The van der Waals surface area contributed by atoms with Gasteiger partial charge in [-0.25, -0.2) is 0 Å². The number of piperidine rings is 1. The second kappa shape index (κ2) is 10.6. The monoisotopic (exact) mass is 457 g/mol. The van der Waals surface area contributed by atoms with E-state index in [0.717, 1.165) is 56.0 Å². The summed E-state index contributed by atoms with van der Waals surface area (Å²) in [5, 5.41) is 0. The fourth-order valence-electron chi connectivity index (χ4n) is 4.63. The maximum Gasteiger partial charge on any atom is 0.255 e. The van der Waals surface area contributed by atoms with Crippen LogP contribution in [0.1, 0.15) is 38.1 Å². The van der Waals surface area contributed by atoms with Crippen LogP contribution in [0.15, 0.2) is 48.5 Å². The number of ketones is 1. The van der Waals surface area contributed by atoms with Crippen molar-refractivity contribution in [1.82, 2.24) is 9.88 Å². The number of rotatable bonds is 6. The molecule has 172 valence electrons. The van der Waals surface area contributed by atoms with E-state index in [1.807, 2.05) is 60.4 Å². The third kappa shape index (κ3) is 5.74. The molecule has 1 aromatic carbocycles. The first-order valence-electron chi connectivity index (χ1n) is 11.1. The summed E-state index contributed by atoms with van der Waals surface area (Å²) in [6.07, 6.45) is 2.66. The zero-order valence-corrected chi connectivity index (χ0v) is 19.6. The summed E-state index contributed by atoms with van der Waals surface area (Å²) in [5.74, 6) is 0.173. The van der Waals surface area contributed by atoms with Gasteiger partial charge in [-0.15, -0.1) is 12.4 Å². The average Bonchev–Trinajstić information content (AvgIpc) is 2.76. The van der Waals surface area contributed by atoms with Crippen molar-refractivity contribution in [3.63, 3.8) is 0 Å². The number of halogens is 1. The van der Waals surface area contributed by atoms with Gasteiger partial charge in [-0.05, 0) is 51.0 Å². The van der Waals surface area contributed by atoms with Gasteiger partial charge in [0.05, 0.1) is 12.1 Å². The van der Waals surface area contributed by atoms with Crippen molar-refractivity contribution in [2.24, 2.45) is 0 Å². The molecule has 2 aromatic rings. The lowest BCUT2D eigenvalue weighted by atomic mass is 9.88. The van der Waals surface area contributed by atoms with Gasteiger partial charge in [0.1, 0.15) is 11.9 Å². The average molecular weight is 458 g/mol. The Bertz CT molecular complexity index is 929. The third-order valence-corrected chi connectivity index (χ3v) is 6.30. The minimum atomic E-state index is -0.422. The zero-order valence-electron chi connectivity index (χ0n) is 18.8. The molecule has 0 aliphatic carbocycles. The predicted octanol–water partition coefficient (Wildman–Crippen LogP) is 3.46. The number of amides is 1. The van der Waals surface area contributed by atoms with Crippen LogP contribution in [0.3, 0.4) is 0 Å². The number of para-hydroxylation sites is 1. The number of benzene rings is 1. The van der Waals surface area contributed by atoms with E-state index < -0.39 is 6.10 Å². The molecule has 3 heterocycles. The van der Waals surface area contributed by atoms with E-state index in [1.165, 1.54) is 0 Å². The quantitative estimate of drug-likeness (QED) is 0.664. The molecule has 2 aliphatic heterocycles. The second-order valence-electron chi connectivity index (χ2n) is 8.79. The zero-order chi connectivity index (χ0) is 21.8. The molecule has 0 bridgehead atoms. The lowest BCUT2D eigenvalue weighted by molar-refractivity contribution is -0.161. The van der Waals surface area contributed by atoms with Crippen molar-refractivity contribution in [2.75, 3.05) is 31.1 Å². The van der Waals surface area contributed by atoms with Gasteiger partial charge in [-0.3, -0.25) is 14.6 Å². The summed E-state index contributed by atoms with van der Waals surface area (Å²) >= 11 is 0. The van der Waals surface area contributed by atoms with E-state index >= 15 is 0 Å². The Hall–Kier alpha value is -2.28. The minimum Gasteiger partial charge on any atom is -0.360 e. The molecule has 2 saturated heterocycles. The normalized spacial score (nSPS) is 20.8. The Morgan fingerprint density at radius 1 is 1.09 bits per heavy atom. The van der Waals surface area contributed by atoms with Gasteiger partial charge in [0.25, 0.3) is 5.91 Å². The van der Waals surface area contributed by atoms with Crippen molar-refractivity contribution in [1.29, 1.82) is 0 Å². The number of anilines is 1. The highest BCUT2D eigenvalue weighted by Crippen LogP contribution is 2.35. The fraction of sp³-hybridized carbons (Fsp3) is 0.480. The third-order valence-electron chi connectivity index (χ3n) is 6.30. The molecule has 2 fully saturated rings. The molecule has 0 N–H and O–H groups in total. The van der Waals surface area contributed by atoms with Crippen LogP contribution in [0.4, 0.5) is 5.69 Å².